The summed E-state index contributed by atoms with van der Waals surface area (Å²) in [5, 5.41) is 10.0. The van der Waals surface area contributed by atoms with Crippen molar-refractivity contribution in [2.45, 2.75) is 44.9 Å². The first kappa shape index (κ1) is 16.7. The molecule has 1 aliphatic heterocycles. The number of hydrogen-bond acceptors (Lipinski definition) is 5. The minimum absolute atomic E-state index is 0.0274. The van der Waals surface area contributed by atoms with Crippen LogP contribution >= 0.6 is 0 Å². The van der Waals surface area contributed by atoms with Crippen LogP contribution in [-0.2, 0) is 29.2 Å². The van der Waals surface area contributed by atoms with Crippen LogP contribution in [0, 0.1) is 0 Å². The summed E-state index contributed by atoms with van der Waals surface area (Å²) in [6.45, 7) is 3.16. The van der Waals surface area contributed by atoms with Crippen molar-refractivity contribution in [3.63, 3.8) is 0 Å². The Hall–Kier alpha value is -1.11. The van der Waals surface area contributed by atoms with E-state index >= 15 is 0 Å². The average molecular weight is 339 g/mol. The first-order valence-corrected chi connectivity index (χ1v) is 10.1. The van der Waals surface area contributed by atoms with Crippen molar-refractivity contribution in [1.29, 1.82) is 0 Å². The first-order valence-electron chi connectivity index (χ1n) is 8.26. The molecule has 0 radical (unpaired) electrons. The van der Waals surface area contributed by atoms with E-state index in [-0.39, 0.29) is 17.5 Å². The van der Waals surface area contributed by atoms with E-state index < -0.39 is 15.9 Å². The Morgan fingerprint density at radius 1 is 1.26 bits per heavy atom. The van der Waals surface area contributed by atoms with Crippen molar-refractivity contribution in [2.24, 2.45) is 0 Å². The first-order chi connectivity index (χ1) is 10.9. The van der Waals surface area contributed by atoms with E-state index in [2.05, 4.69) is 12.1 Å². The summed E-state index contributed by atoms with van der Waals surface area (Å²) in [6.07, 6.45) is 2.57. The lowest BCUT2D eigenvalue weighted by atomic mass is 10.0. The van der Waals surface area contributed by atoms with Gasteiger partial charge < -0.3 is 9.84 Å². The fourth-order valence-electron chi connectivity index (χ4n) is 3.68. The summed E-state index contributed by atoms with van der Waals surface area (Å²) in [6, 6.07) is 3.99. The highest BCUT2D eigenvalue weighted by Crippen LogP contribution is 2.31. The Kier molecular flexibility index (Phi) is 4.67. The molecule has 0 amide bonds. The topological polar surface area (TPSA) is 66.8 Å². The van der Waals surface area contributed by atoms with Crippen LogP contribution in [0.4, 0.5) is 0 Å². The zero-order valence-corrected chi connectivity index (χ0v) is 14.6. The van der Waals surface area contributed by atoms with Gasteiger partial charge in [-0.15, -0.1) is 0 Å². The van der Waals surface area contributed by atoms with Crippen LogP contribution in [0.5, 0.6) is 5.75 Å². The number of likely N-dealkylation sites (N-methyl/N-ethyl adjacent to an activating group) is 1. The number of aryl methyl sites for hydroxylation is 2. The van der Waals surface area contributed by atoms with E-state index in [0.29, 0.717) is 13.2 Å². The second-order valence-corrected chi connectivity index (χ2v) is 8.80. The standard InChI is InChI=1S/C17H25NO4S/c1-3-22-17-8-13-6-4-5-12(13)7-14(17)9-18(2)15-10-23(20,21)11-16(15)19/h7-8,15-16,19H,3-6,9-11H2,1-2H3/t15-,16-/m1/s1. The summed E-state index contributed by atoms with van der Waals surface area (Å²) >= 11 is 0. The molecule has 0 unspecified atom stereocenters. The second kappa shape index (κ2) is 6.42. The molecular weight excluding hydrogens is 314 g/mol. The van der Waals surface area contributed by atoms with Gasteiger partial charge in [0.1, 0.15) is 5.75 Å². The lowest BCUT2D eigenvalue weighted by Gasteiger charge is -2.27. The Balaban J connectivity index is 1.81. The molecule has 2 aliphatic rings. The number of nitrogens with zero attached hydrogens (tertiary/aromatic N) is 1. The number of sulfone groups is 1. The largest absolute Gasteiger partial charge is 0.494 e. The molecule has 1 aliphatic carbocycles. The number of ether oxygens (including phenoxy) is 1. The van der Waals surface area contributed by atoms with Crippen molar-refractivity contribution in [2.75, 3.05) is 25.2 Å². The molecule has 1 N–H and O–H groups in total. The molecule has 1 aromatic rings. The Labute approximate surface area is 138 Å². The van der Waals surface area contributed by atoms with E-state index in [1.54, 1.807) is 0 Å². The van der Waals surface area contributed by atoms with Crippen LogP contribution in [0.2, 0.25) is 0 Å². The van der Waals surface area contributed by atoms with Gasteiger partial charge in [-0.05, 0) is 50.4 Å². The number of aliphatic hydroxyl groups excluding tert-OH is 1. The molecule has 3 rings (SSSR count). The number of benzene rings is 1. The quantitative estimate of drug-likeness (QED) is 0.872. The van der Waals surface area contributed by atoms with E-state index in [0.717, 1.165) is 24.2 Å². The van der Waals surface area contributed by atoms with E-state index in [1.165, 1.54) is 17.5 Å². The molecule has 1 fully saturated rings. The highest BCUT2D eigenvalue weighted by atomic mass is 32.2. The zero-order valence-electron chi connectivity index (χ0n) is 13.8. The Bertz CT molecular complexity index is 686. The molecule has 0 saturated carbocycles. The normalized spacial score (nSPS) is 25.7. The van der Waals surface area contributed by atoms with Gasteiger partial charge in [-0.1, -0.05) is 6.07 Å². The summed E-state index contributed by atoms with van der Waals surface area (Å²) in [4.78, 5) is 1.94. The second-order valence-electron chi connectivity index (χ2n) is 6.64. The van der Waals surface area contributed by atoms with Gasteiger partial charge in [0.25, 0.3) is 0 Å². The smallest absolute Gasteiger partial charge is 0.154 e. The van der Waals surface area contributed by atoms with Gasteiger partial charge in [-0.25, -0.2) is 8.42 Å². The molecule has 23 heavy (non-hydrogen) atoms. The number of hydrogen-bond donors (Lipinski definition) is 1. The van der Waals surface area contributed by atoms with Crippen LogP contribution in [0.25, 0.3) is 0 Å². The van der Waals surface area contributed by atoms with Gasteiger partial charge in [0, 0.05) is 12.1 Å². The maximum atomic E-state index is 11.7. The molecule has 1 saturated heterocycles. The Morgan fingerprint density at radius 2 is 1.96 bits per heavy atom. The average Bonchev–Trinajstić information content (AvgIpc) is 3.02. The van der Waals surface area contributed by atoms with E-state index in [4.69, 9.17) is 4.74 Å². The Morgan fingerprint density at radius 3 is 2.57 bits per heavy atom. The summed E-state index contributed by atoms with van der Waals surface area (Å²) in [5.74, 6) is 0.778. The van der Waals surface area contributed by atoms with Crippen LogP contribution < -0.4 is 4.74 Å². The van der Waals surface area contributed by atoms with Gasteiger partial charge in [-0.2, -0.15) is 0 Å². The molecule has 6 heteroatoms. The summed E-state index contributed by atoms with van der Waals surface area (Å²) in [5.41, 5.74) is 3.81. The molecule has 128 valence electrons. The third-order valence-electron chi connectivity index (χ3n) is 4.85. The van der Waals surface area contributed by atoms with Crippen molar-refractivity contribution >= 4 is 9.84 Å². The van der Waals surface area contributed by atoms with Crippen molar-refractivity contribution in [3.05, 3.63) is 28.8 Å². The van der Waals surface area contributed by atoms with Crippen LogP contribution in [0.1, 0.15) is 30.0 Å². The zero-order chi connectivity index (χ0) is 16.6. The molecule has 0 bridgehead atoms. The lowest BCUT2D eigenvalue weighted by molar-refractivity contribution is 0.0951. The number of fused-ring (bicyclic) bond motifs is 1. The van der Waals surface area contributed by atoms with E-state index in [1.807, 2.05) is 18.9 Å². The van der Waals surface area contributed by atoms with Crippen molar-refractivity contribution in [1.82, 2.24) is 4.90 Å². The van der Waals surface area contributed by atoms with Gasteiger partial charge in [-0.3, -0.25) is 4.90 Å². The van der Waals surface area contributed by atoms with Crippen LogP contribution in [0.15, 0.2) is 12.1 Å². The fourth-order valence-corrected chi connectivity index (χ4v) is 5.56. The minimum atomic E-state index is -3.13. The van der Waals surface area contributed by atoms with Gasteiger partial charge in [0.2, 0.25) is 0 Å². The van der Waals surface area contributed by atoms with E-state index in [9.17, 15) is 13.5 Å². The monoisotopic (exact) mass is 339 g/mol. The van der Waals surface area contributed by atoms with Gasteiger partial charge in [0.15, 0.2) is 9.84 Å². The SMILES string of the molecule is CCOc1cc2c(cc1CN(C)[C@@H]1CS(=O)(=O)C[C@H]1O)CCC2. The molecule has 1 aromatic carbocycles. The molecule has 1 heterocycles. The molecule has 0 spiro atoms. The van der Waals surface area contributed by atoms with Crippen molar-refractivity contribution < 1.29 is 18.3 Å². The fraction of sp³-hybridized carbons (Fsp3) is 0.647. The highest BCUT2D eigenvalue weighted by molar-refractivity contribution is 7.91. The molecule has 2 atom stereocenters. The molecular formula is C17H25NO4S. The molecule has 5 nitrogen and oxygen atoms in total. The van der Waals surface area contributed by atoms with Crippen LogP contribution in [0.3, 0.4) is 0 Å². The third-order valence-corrected chi connectivity index (χ3v) is 6.55. The summed E-state index contributed by atoms with van der Waals surface area (Å²) < 4.78 is 29.2. The predicted octanol–water partition coefficient (Wildman–Crippen LogP) is 1.16. The van der Waals surface area contributed by atoms with Crippen LogP contribution in [-0.4, -0.2) is 55.7 Å². The number of aliphatic hydroxyl groups is 1. The number of rotatable bonds is 5. The minimum Gasteiger partial charge on any atom is -0.494 e. The van der Waals surface area contributed by atoms with Gasteiger partial charge in [0.05, 0.1) is 30.3 Å². The summed E-state index contributed by atoms with van der Waals surface area (Å²) in [7, 11) is -1.26. The lowest BCUT2D eigenvalue weighted by Crippen LogP contribution is -2.40. The predicted molar refractivity (Wildman–Crippen MR) is 89.6 cm³/mol. The van der Waals surface area contributed by atoms with Gasteiger partial charge >= 0.3 is 0 Å². The highest BCUT2D eigenvalue weighted by Gasteiger charge is 2.38. The maximum Gasteiger partial charge on any atom is 0.154 e. The van der Waals surface area contributed by atoms with Crippen molar-refractivity contribution in [3.8, 4) is 5.75 Å². The maximum absolute atomic E-state index is 11.7. The molecule has 0 aromatic heterocycles. The third kappa shape index (κ3) is 3.54.